The SMILES string of the molecule is C=CC[C@@H](OC(=O)NCCCCCC(=O)NO)c1ccc(OC)c(O)c1. The third-order valence-electron chi connectivity index (χ3n) is 3.68. The Morgan fingerprint density at radius 3 is 2.69 bits per heavy atom. The summed E-state index contributed by atoms with van der Waals surface area (Å²) >= 11 is 0. The predicted molar refractivity (Wildman–Crippen MR) is 95.1 cm³/mol. The number of alkyl carbamates (subject to hydrolysis) is 1. The fourth-order valence-electron chi connectivity index (χ4n) is 2.32. The summed E-state index contributed by atoms with van der Waals surface area (Å²) in [5.74, 6) is -0.118. The maximum Gasteiger partial charge on any atom is 0.407 e. The molecule has 1 atom stereocenters. The fraction of sp³-hybridized carbons (Fsp3) is 0.444. The molecule has 2 amide bonds. The largest absolute Gasteiger partial charge is 0.504 e. The third-order valence-corrected chi connectivity index (χ3v) is 3.68. The lowest BCUT2D eigenvalue weighted by atomic mass is 10.1. The van der Waals surface area contributed by atoms with Crippen molar-refractivity contribution in [3.05, 3.63) is 36.4 Å². The number of amides is 2. The van der Waals surface area contributed by atoms with Crippen LogP contribution in [0.2, 0.25) is 0 Å². The Morgan fingerprint density at radius 1 is 1.31 bits per heavy atom. The van der Waals surface area contributed by atoms with Crippen LogP contribution in [0.5, 0.6) is 11.5 Å². The molecule has 144 valence electrons. The number of methoxy groups -OCH3 is 1. The standard InChI is InChI=1S/C18H26N2O6/c1-3-7-15(13-9-10-16(25-2)14(21)12-13)26-18(23)19-11-6-4-5-8-17(22)20-24/h3,9-10,12,15,21,24H,1,4-8,11H2,2H3,(H,19,23)(H,20,22)/t15-/m1/s1. The summed E-state index contributed by atoms with van der Waals surface area (Å²) in [6.45, 7) is 4.07. The van der Waals surface area contributed by atoms with Crippen LogP contribution in [-0.2, 0) is 9.53 Å². The molecule has 0 aliphatic carbocycles. The zero-order chi connectivity index (χ0) is 19.4. The molecule has 1 aromatic rings. The summed E-state index contributed by atoms with van der Waals surface area (Å²) in [6.07, 6.45) is 3.16. The normalized spacial score (nSPS) is 11.3. The molecule has 1 aromatic carbocycles. The Labute approximate surface area is 152 Å². The number of nitrogens with one attached hydrogen (secondary N) is 2. The van der Waals surface area contributed by atoms with Crippen molar-refractivity contribution in [3.63, 3.8) is 0 Å². The van der Waals surface area contributed by atoms with Crippen LogP contribution in [0, 0.1) is 0 Å². The van der Waals surface area contributed by atoms with Gasteiger partial charge in [0.2, 0.25) is 5.91 Å². The van der Waals surface area contributed by atoms with Gasteiger partial charge in [0.25, 0.3) is 0 Å². The molecular weight excluding hydrogens is 340 g/mol. The molecule has 26 heavy (non-hydrogen) atoms. The molecule has 0 saturated carbocycles. The van der Waals surface area contributed by atoms with Gasteiger partial charge in [0.15, 0.2) is 11.5 Å². The highest BCUT2D eigenvalue weighted by atomic mass is 16.6. The minimum Gasteiger partial charge on any atom is -0.504 e. The first-order valence-electron chi connectivity index (χ1n) is 8.37. The van der Waals surface area contributed by atoms with Crippen molar-refractivity contribution in [1.82, 2.24) is 10.8 Å². The van der Waals surface area contributed by atoms with Crippen molar-refractivity contribution in [2.75, 3.05) is 13.7 Å². The highest BCUT2D eigenvalue weighted by molar-refractivity contribution is 5.74. The minimum atomic E-state index is -0.572. The van der Waals surface area contributed by atoms with Crippen molar-refractivity contribution in [2.24, 2.45) is 0 Å². The van der Waals surface area contributed by atoms with Gasteiger partial charge in [-0.05, 0) is 30.5 Å². The van der Waals surface area contributed by atoms with Crippen molar-refractivity contribution in [1.29, 1.82) is 0 Å². The van der Waals surface area contributed by atoms with E-state index in [0.29, 0.717) is 37.1 Å². The highest BCUT2D eigenvalue weighted by Gasteiger charge is 2.17. The zero-order valence-corrected chi connectivity index (χ0v) is 14.9. The molecular formula is C18H26N2O6. The van der Waals surface area contributed by atoms with Gasteiger partial charge in [-0.25, -0.2) is 10.3 Å². The maximum absolute atomic E-state index is 11.9. The number of ether oxygens (including phenoxy) is 2. The Balaban J connectivity index is 2.44. The number of rotatable bonds is 11. The topological polar surface area (TPSA) is 117 Å². The van der Waals surface area contributed by atoms with Gasteiger partial charge in [0.05, 0.1) is 7.11 Å². The Morgan fingerprint density at radius 2 is 2.08 bits per heavy atom. The van der Waals surface area contributed by atoms with Crippen LogP contribution < -0.4 is 15.5 Å². The van der Waals surface area contributed by atoms with Crippen LogP contribution in [0.4, 0.5) is 4.79 Å². The average Bonchev–Trinajstić information content (AvgIpc) is 2.63. The molecule has 0 fully saturated rings. The number of carbonyl (C=O) groups excluding carboxylic acids is 2. The number of hydrogen-bond donors (Lipinski definition) is 4. The molecule has 0 unspecified atom stereocenters. The molecule has 1 rings (SSSR count). The molecule has 8 heteroatoms. The van der Waals surface area contributed by atoms with Crippen LogP contribution in [0.15, 0.2) is 30.9 Å². The zero-order valence-electron chi connectivity index (χ0n) is 14.9. The van der Waals surface area contributed by atoms with E-state index in [0.717, 1.165) is 6.42 Å². The average molecular weight is 366 g/mol. The first kappa shape index (κ1) is 21.3. The lowest BCUT2D eigenvalue weighted by molar-refractivity contribution is -0.129. The van der Waals surface area contributed by atoms with E-state index >= 15 is 0 Å². The molecule has 0 aliphatic rings. The van der Waals surface area contributed by atoms with E-state index in [1.165, 1.54) is 13.2 Å². The maximum atomic E-state index is 11.9. The number of benzene rings is 1. The summed E-state index contributed by atoms with van der Waals surface area (Å²) in [5, 5.41) is 20.9. The van der Waals surface area contributed by atoms with E-state index in [9.17, 15) is 14.7 Å². The summed E-state index contributed by atoms with van der Waals surface area (Å²) in [7, 11) is 1.45. The van der Waals surface area contributed by atoms with E-state index < -0.39 is 18.1 Å². The lowest BCUT2D eigenvalue weighted by Crippen LogP contribution is -2.27. The van der Waals surface area contributed by atoms with Crippen LogP contribution in [-0.4, -0.2) is 36.0 Å². The van der Waals surface area contributed by atoms with Crippen LogP contribution in [0.3, 0.4) is 0 Å². The Bertz CT molecular complexity index is 605. The first-order chi connectivity index (χ1) is 12.5. The number of carbonyl (C=O) groups is 2. The summed E-state index contributed by atoms with van der Waals surface area (Å²) in [5.41, 5.74) is 2.20. The molecule has 0 bridgehead atoms. The number of phenols is 1. The van der Waals surface area contributed by atoms with Gasteiger partial charge in [-0.15, -0.1) is 6.58 Å². The summed E-state index contributed by atoms with van der Waals surface area (Å²) in [4.78, 5) is 22.8. The lowest BCUT2D eigenvalue weighted by Gasteiger charge is -2.18. The van der Waals surface area contributed by atoms with Gasteiger partial charge in [0, 0.05) is 19.4 Å². The van der Waals surface area contributed by atoms with E-state index in [2.05, 4.69) is 11.9 Å². The molecule has 4 N–H and O–H groups in total. The van der Waals surface area contributed by atoms with Crippen LogP contribution in [0.25, 0.3) is 0 Å². The quantitative estimate of drug-likeness (QED) is 0.207. The number of aromatic hydroxyl groups is 1. The van der Waals surface area contributed by atoms with Gasteiger partial charge >= 0.3 is 6.09 Å². The first-order valence-corrected chi connectivity index (χ1v) is 8.37. The van der Waals surface area contributed by atoms with Crippen molar-refractivity contribution < 1.29 is 29.4 Å². The van der Waals surface area contributed by atoms with Gasteiger partial charge < -0.3 is 19.9 Å². The molecule has 0 aromatic heterocycles. The van der Waals surface area contributed by atoms with Gasteiger partial charge in [-0.3, -0.25) is 10.0 Å². The number of hydroxylamine groups is 1. The second-order valence-corrected chi connectivity index (χ2v) is 5.62. The Kier molecular flexibility index (Phi) is 9.63. The van der Waals surface area contributed by atoms with E-state index in [-0.39, 0.29) is 12.2 Å². The molecule has 8 nitrogen and oxygen atoms in total. The second-order valence-electron chi connectivity index (χ2n) is 5.62. The predicted octanol–water partition coefficient (Wildman–Crippen LogP) is 2.81. The Hall–Kier alpha value is -2.74. The molecule has 0 saturated heterocycles. The highest BCUT2D eigenvalue weighted by Crippen LogP contribution is 2.31. The van der Waals surface area contributed by atoms with E-state index in [4.69, 9.17) is 14.7 Å². The van der Waals surface area contributed by atoms with Crippen molar-refractivity contribution in [3.8, 4) is 11.5 Å². The van der Waals surface area contributed by atoms with E-state index in [1.807, 2.05) is 0 Å². The molecule has 0 aliphatic heterocycles. The van der Waals surface area contributed by atoms with Crippen LogP contribution in [0.1, 0.15) is 43.8 Å². The smallest absolute Gasteiger partial charge is 0.407 e. The number of hydrogen-bond acceptors (Lipinski definition) is 6. The van der Waals surface area contributed by atoms with Crippen LogP contribution >= 0.6 is 0 Å². The van der Waals surface area contributed by atoms with Gasteiger partial charge in [-0.2, -0.15) is 0 Å². The van der Waals surface area contributed by atoms with Gasteiger partial charge in [0.1, 0.15) is 6.10 Å². The van der Waals surface area contributed by atoms with E-state index in [1.54, 1.807) is 23.7 Å². The second kappa shape index (κ2) is 11.8. The third kappa shape index (κ3) is 7.43. The van der Waals surface area contributed by atoms with Crippen molar-refractivity contribution >= 4 is 12.0 Å². The number of unbranched alkanes of at least 4 members (excludes halogenated alkanes) is 2. The minimum absolute atomic E-state index is 0.0324. The molecule has 0 heterocycles. The van der Waals surface area contributed by atoms with Gasteiger partial charge in [-0.1, -0.05) is 18.6 Å². The monoisotopic (exact) mass is 366 g/mol. The summed E-state index contributed by atoms with van der Waals surface area (Å²) in [6, 6.07) is 4.81. The molecule has 0 radical (unpaired) electrons. The summed E-state index contributed by atoms with van der Waals surface area (Å²) < 4.78 is 10.4. The van der Waals surface area contributed by atoms with Crippen molar-refractivity contribution in [2.45, 2.75) is 38.2 Å². The molecule has 0 spiro atoms. The fourth-order valence-corrected chi connectivity index (χ4v) is 2.32. The number of phenolic OH excluding ortho intramolecular Hbond substituents is 1.